The van der Waals surface area contributed by atoms with E-state index < -0.39 is 24.3 Å². The average Bonchev–Trinajstić information content (AvgIpc) is 2.16. The van der Waals surface area contributed by atoms with Gasteiger partial charge >= 0.3 is 5.97 Å². The summed E-state index contributed by atoms with van der Waals surface area (Å²) in [5.74, 6) is -1.52. The highest BCUT2D eigenvalue weighted by Gasteiger charge is 2.17. The van der Waals surface area contributed by atoms with Crippen molar-refractivity contribution >= 4 is 11.7 Å². The fourth-order valence-electron chi connectivity index (χ4n) is 1.46. The number of carbonyl (C=O) groups is 1. The first-order valence-electron chi connectivity index (χ1n) is 4.78. The van der Waals surface area contributed by atoms with Gasteiger partial charge in [0.25, 0.3) is 0 Å². The Kier molecular flexibility index (Phi) is 3.84. The minimum Gasteiger partial charge on any atom is -0.481 e. The highest BCUT2D eigenvalue weighted by Crippen LogP contribution is 2.27. The molecule has 0 aliphatic rings. The Hall–Kier alpha value is -1.62. The summed E-state index contributed by atoms with van der Waals surface area (Å²) < 4.78 is 13.0. The third-order valence-electron chi connectivity index (χ3n) is 2.20. The summed E-state index contributed by atoms with van der Waals surface area (Å²) in [6.07, 6.45) is -1.53. The lowest BCUT2D eigenvalue weighted by molar-refractivity contribution is -0.139. The van der Waals surface area contributed by atoms with Crippen LogP contribution in [0.4, 0.5) is 10.1 Å². The lowest BCUT2D eigenvalue weighted by Crippen LogP contribution is -2.15. The van der Waals surface area contributed by atoms with Gasteiger partial charge in [-0.1, -0.05) is 6.07 Å². The first-order chi connectivity index (χ1) is 7.41. The Bertz CT molecular complexity index is 393. The fourth-order valence-corrected chi connectivity index (χ4v) is 1.46. The van der Waals surface area contributed by atoms with Crippen molar-refractivity contribution in [3.63, 3.8) is 0 Å². The molecule has 0 unspecified atom stereocenters. The van der Waals surface area contributed by atoms with Crippen LogP contribution in [0.5, 0.6) is 0 Å². The van der Waals surface area contributed by atoms with Crippen molar-refractivity contribution in [2.24, 2.45) is 0 Å². The fraction of sp³-hybridized carbons (Fsp3) is 0.364. The summed E-state index contributed by atoms with van der Waals surface area (Å²) in [5.41, 5.74) is 0.891. The number of hydrogen-bond donors (Lipinski definition) is 2. The number of aliphatic hydroxyl groups excluding tert-OH is 1. The van der Waals surface area contributed by atoms with E-state index in [4.69, 9.17) is 5.11 Å². The van der Waals surface area contributed by atoms with Crippen LogP contribution < -0.4 is 4.90 Å². The topological polar surface area (TPSA) is 60.8 Å². The molecule has 0 aliphatic heterocycles. The van der Waals surface area contributed by atoms with Gasteiger partial charge in [0, 0.05) is 25.3 Å². The maximum Gasteiger partial charge on any atom is 0.306 e. The van der Waals surface area contributed by atoms with E-state index in [1.165, 1.54) is 18.2 Å². The normalized spacial score (nSPS) is 12.2. The molecule has 1 aromatic rings. The quantitative estimate of drug-likeness (QED) is 0.816. The molecule has 0 bridgehead atoms. The number of rotatable bonds is 4. The van der Waals surface area contributed by atoms with Crippen molar-refractivity contribution in [2.45, 2.75) is 12.5 Å². The summed E-state index contributed by atoms with van der Waals surface area (Å²) in [5, 5.41) is 18.3. The second-order valence-corrected chi connectivity index (χ2v) is 3.71. The highest BCUT2D eigenvalue weighted by molar-refractivity contribution is 5.68. The number of carboxylic acids is 1. The Morgan fingerprint density at radius 3 is 2.62 bits per heavy atom. The van der Waals surface area contributed by atoms with Crippen molar-refractivity contribution in [3.05, 3.63) is 29.6 Å². The second kappa shape index (κ2) is 4.94. The molecule has 88 valence electrons. The average molecular weight is 227 g/mol. The van der Waals surface area contributed by atoms with E-state index in [0.29, 0.717) is 11.3 Å². The number of aliphatic hydroxyl groups is 1. The summed E-state index contributed by atoms with van der Waals surface area (Å²) >= 11 is 0. The van der Waals surface area contributed by atoms with Gasteiger partial charge in [-0.2, -0.15) is 0 Å². The lowest BCUT2D eigenvalue weighted by Gasteiger charge is -2.20. The number of hydrogen-bond acceptors (Lipinski definition) is 3. The van der Waals surface area contributed by atoms with Gasteiger partial charge in [0.1, 0.15) is 5.82 Å². The third-order valence-corrected chi connectivity index (χ3v) is 2.20. The standard InChI is InChI=1S/C11H14FNO3/c1-13(2)9-5-7(12)3-4-8(9)10(14)6-11(15)16/h3-5,10,14H,6H2,1-2H3,(H,15,16)/t10-/m1/s1. The molecule has 4 nitrogen and oxygen atoms in total. The van der Waals surface area contributed by atoms with Crippen molar-refractivity contribution in [1.82, 2.24) is 0 Å². The molecule has 0 saturated carbocycles. The number of halogens is 1. The van der Waals surface area contributed by atoms with E-state index >= 15 is 0 Å². The minimum absolute atomic E-state index is 0.396. The molecule has 16 heavy (non-hydrogen) atoms. The van der Waals surface area contributed by atoms with Crippen LogP contribution in [0, 0.1) is 5.82 Å². The van der Waals surface area contributed by atoms with Crippen molar-refractivity contribution < 1.29 is 19.4 Å². The molecule has 0 radical (unpaired) electrons. The van der Waals surface area contributed by atoms with Gasteiger partial charge in [-0.3, -0.25) is 4.79 Å². The lowest BCUT2D eigenvalue weighted by atomic mass is 10.0. The van der Waals surface area contributed by atoms with Crippen LogP contribution in [0.15, 0.2) is 18.2 Å². The van der Waals surface area contributed by atoms with Crippen molar-refractivity contribution in [2.75, 3.05) is 19.0 Å². The Balaban J connectivity index is 3.07. The third kappa shape index (κ3) is 2.93. The zero-order chi connectivity index (χ0) is 12.3. The highest BCUT2D eigenvalue weighted by atomic mass is 19.1. The number of carboxylic acid groups (broad SMARTS) is 1. The maximum absolute atomic E-state index is 13.0. The largest absolute Gasteiger partial charge is 0.481 e. The predicted octanol–water partition coefficient (Wildman–Crippen LogP) is 1.40. The van der Waals surface area contributed by atoms with E-state index in [2.05, 4.69) is 0 Å². The molecule has 1 aromatic carbocycles. The summed E-state index contributed by atoms with van der Waals surface area (Å²) in [6, 6.07) is 3.87. The Labute approximate surface area is 92.9 Å². The predicted molar refractivity (Wildman–Crippen MR) is 57.9 cm³/mol. The molecule has 0 saturated heterocycles. The Morgan fingerprint density at radius 1 is 1.50 bits per heavy atom. The van der Waals surface area contributed by atoms with Crippen LogP contribution in [-0.2, 0) is 4.79 Å². The van der Waals surface area contributed by atoms with Crippen LogP contribution in [0.3, 0.4) is 0 Å². The van der Waals surface area contributed by atoms with Crippen molar-refractivity contribution in [1.29, 1.82) is 0 Å². The molecule has 2 N–H and O–H groups in total. The zero-order valence-corrected chi connectivity index (χ0v) is 9.14. The second-order valence-electron chi connectivity index (χ2n) is 3.71. The van der Waals surface area contributed by atoms with Crippen LogP contribution in [0.2, 0.25) is 0 Å². The van der Waals surface area contributed by atoms with E-state index in [-0.39, 0.29) is 0 Å². The number of anilines is 1. The summed E-state index contributed by atoms with van der Waals surface area (Å²) in [4.78, 5) is 12.1. The van der Waals surface area contributed by atoms with E-state index in [1.807, 2.05) is 0 Å². The van der Waals surface area contributed by atoms with Crippen LogP contribution in [-0.4, -0.2) is 30.3 Å². The molecule has 1 atom stereocenters. The van der Waals surface area contributed by atoms with E-state index in [0.717, 1.165) is 0 Å². The zero-order valence-electron chi connectivity index (χ0n) is 9.14. The minimum atomic E-state index is -1.13. The van der Waals surface area contributed by atoms with Gasteiger partial charge in [-0.15, -0.1) is 0 Å². The maximum atomic E-state index is 13.0. The number of nitrogens with zero attached hydrogens (tertiary/aromatic N) is 1. The smallest absolute Gasteiger partial charge is 0.306 e. The molecule has 0 amide bonds. The molecular formula is C11H14FNO3. The molecular weight excluding hydrogens is 213 g/mol. The first-order valence-corrected chi connectivity index (χ1v) is 4.78. The van der Waals surface area contributed by atoms with Crippen LogP contribution in [0.25, 0.3) is 0 Å². The molecule has 0 fully saturated rings. The van der Waals surface area contributed by atoms with Gasteiger partial charge in [0.2, 0.25) is 0 Å². The monoisotopic (exact) mass is 227 g/mol. The molecule has 0 aromatic heterocycles. The molecule has 0 aliphatic carbocycles. The Morgan fingerprint density at radius 2 is 2.12 bits per heavy atom. The SMILES string of the molecule is CN(C)c1cc(F)ccc1[C@H](O)CC(=O)O. The van der Waals surface area contributed by atoms with Gasteiger partial charge in [-0.25, -0.2) is 4.39 Å². The summed E-state index contributed by atoms with van der Waals surface area (Å²) in [6.45, 7) is 0. The first kappa shape index (κ1) is 12.4. The molecule has 0 spiro atoms. The molecule has 0 heterocycles. The van der Waals surface area contributed by atoms with Crippen LogP contribution in [0.1, 0.15) is 18.1 Å². The molecule has 1 rings (SSSR count). The van der Waals surface area contributed by atoms with Crippen molar-refractivity contribution in [3.8, 4) is 0 Å². The van der Waals surface area contributed by atoms with Gasteiger partial charge in [-0.05, 0) is 12.1 Å². The van der Waals surface area contributed by atoms with Crippen LogP contribution >= 0.6 is 0 Å². The summed E-state index contributed by atoms with van der Waals surface area (Å²) in [7, 11) is 3.40. The number of benzene rings is 1. The molecule has 5 heteroatoms. The van der Waals surface area contributed by atoms with E-state index in [9.17, 15) is 14.3 Å². The van der Waals surface area contributed by atoms with Gasteiger partial charge in [0.05, 0.1) is 12.5 Å². The number of aliphatic carboxylic acids is 1. The van der Waals surface area contributed by atoms with E-state index in [1.54, 1.807) is 19.0 Å². The van der Waals surface area contributed by atoms with Gasteiger partial charge in [0.15, 0.2) is 0 Å². The van der Waals surface area contributed by atoms with Gasteiger partial charge < -0.3 is 15.1 Å².